The van der Waals surface area contributed by atoms with Crippen molar-refractivity contribution in [3.05, 3.63) is 51.1 Å². The van der Waals surface area contributed by atoms with Crippen molar-refractivity contribution >= 4 is 16.9 Å². The molecular formula is C25H34N6O4. The lowest BCUT2D eigenvalue weighted by atomic mass is 10.0. The maximum absolute atomic E-state index is 13.1. The first-order valence-electron chi connectivity index (χ1n) is 12.3. The molecule has 10 nitrogen and oxygen atoms in total. The summed E-state index contributed by atoms with van der Waals surface area (Å²) < 4.78 is 12.5. The van der Waals surface area contributed by atoms with Gasteiger partial charge in [-0.2, -0.15) is 0 Å². The molecule has 1 aliphatic rings. The van der Waals surface area contributed by atoms with E-state index in [4.69, 9.17) is 9.47 Å². The molecule has 0 unspecified atom stereocenters. The van der Waals surface area contributed by atoms with E-state index in [9.17, 15) is 9.59 Å². The average Bonchev–Trinajstić information content (AvgIpc) is 3.48. The molecule has 10 heteroatoms. The minimum Gasteiger partial charge on any atom is -0.465 e. The largest absolute Gasteiger partial charge is 0.465 e. The first-order valence-corrected chi connectivity index (χ1v) is 12.3. The zero-order valence-electron chi connectivity index (χ0n) is 20.9. The molecule has 0 aliphatic carbocycles. The van der Waals surface area contributed by atoms with Gasteiger partial charge >= 0.3 is 5.97 Å². The van der Waals surface area contributed by atoms with Gasteiger partial charge in [0.25, 0.3) is 5.56 Å². The monoisotopic (exact) mass is 482 g/mol. The Hall–Kier alpha value is -3.11. The number of carbonyl (C=O) groups is 1. The number of aromatic amines is 1. The van der Waals surface area contributed by atoms with Crippen LogP contribution >= 0.6 is 0 Å². The highest BCUT2D eigenvalue weighted by atomic mass is 16.5. The number of esters is 1. The van der Waals surface area contributed by atoms with Crippen LogP contribution in [-0.2, 0) is 27.4 Å². The standard InChI is InChI=1S/C25H34N6O4/c1-5-22(24-27-28-29-31(24)15-23(32)34-6-2)30(14-19-8-7-9-35-19)13-18-12-20-17(4)10-16(3)11-21(20)26-25(18)33/h10-12,19,22H,5-9,13-15H2,1-4H3,(H,26,33)/t19-,22-/m1/s1. The first kappa shape index (κ1) is 25.0. The molecule has 188 valence electrons. The quantitative estimate of drug-likeness (QED) is 0.439. The summed E-state index contributed by atoms with van der Waals surface area (Å²) in [5.74, 6) is 0.181. The Morgan fingerprint density at radius 3 is 2.86 bits per heavy atom. The number of hydrogen-bond donors (Lipinski definition) is 1. The molecule has 1 N–H and O–H groups in total. The second-order valence-corrected chi connectivity index (χ2v) is 9.16. The van der Waals surface area contributed by atoms with Gasteiger partial charge in [-0.25, -0.2) is 4.68 Å². The number of rotatable bonds is 10. The molecule has 3 heterocycles. The van der Waals surface area contributed by atoms with Gasteiger partial charge in [-0.1, -0.05) is 13.0 Å². The van der Waals surface area contributed by atoms with Gasteiger partial charge < -0.3 is 14.5 Å². The van der Waals surface area contributed by atoms with Crippen molar-refractivity contribution < 1.29 is 14.3 Å². The van der Waals surface area contributed by atoms with E-state index >= 15 is 0 Å². The van der Waals surface area contributed by atoms with Crippen LogP contribution in [0.2, 0.25) is 0 Å². The molecule has 4 rings (SSSR count). The fourth-order valence-electron chi connectivity index (χ4n) is 4.90. The summed E-state index contributed by atoms with van der Waals surface area (Å²) in [5, 5.41) is 13.2. The van der Waals surface area contributed by atoms with E-state index in [-0.39, 0.29) is 24.2 Å². The first-order chi connectivity index (χ1) is 16.9. The van der Waals surface area contributed by atoms with Gasteiger partial charge in [0, 0.05) is 36.2 Å². The van der Waals surface area contributed by atoms with Crippen LogP contribution in [0.4, 0.5) is 0 Å². The molecule has 2 aromatic heterocycles. The number of benzene rings is 1. The SMILES string of the molecule is CCOC(=O)Cn1nnnc1[C@@H](CC)N(Cc1cc2c(C)cc(C)cc2[nH]c1=O)C[C@H]1CCCO1. The molecule has 0 amide bonds. The maximum atomic E-state index is 13.1. The Bertz CT molecular complexity index is 1230. The Labute approximate surface area is 204 Å². The van der Waals surface area contributed by atoms with Crippen molar-refractivity contribution in [1.29, 1.82) is 0 Å². The number of nitrogens with zero attached hydrogens (tertiary/aromatic N) is 5. The van der Waals surface area contributed by atoms with Gasteiger partial charge in [0.2, 0.25) is 0 Å². The van der Waals surface area contributed by atoms with Crippen LogP contribution in [0.25, 0.3) is 10.9 Å². The number of aromatic nitrogens is 5. The fraction of sp³-hybridized carbons (Fsp3) is 0.560. The Morgan fingerprint density at radius 2 is 2.14 bits per heavy atom. The summed E-state index contributed by atoms with van der Waals surface area (Å²) in [6, 6.07) is 5.89. The average molecular weight is 483 g/mol. The van der Waals surface area contributed by atoms with E-state index in [1.54, 1.807) is 6.92 Å². The van der Waals surface area contributed by atoms with Gasteiger partial charge in [0.05, 0.1) is 18.8 Å². The van der Waals surface area contributed by atoms with Crippen LogP contribution in [0.3, 0.4) is 0 Å². The number of aryl methyl sites for hydroxylation is 2. The van der Waals surface area contributed by atoms with Crippen LogP contribution < -0.4 is 5.56 Å². The molecule has 3 aromatic rings. The highest BCUT2D eigenvalue weighted by Gasteiger charge is 2.30. The van der Waals surface area contributed by atoms with Crippen LogP contribution in [0.5, 0.6) is 0 Å². The van der Waals surface area contributed by atoms with E-state index in [2.05, 4.69) is 38.4 Å². The summed E-state index contributed by atoms with van der Waals surface area (Å²) in [7, 11) is 0. The van der Waals surface area contributed by atoms with Gasteiger partial charge in [-0.3, -0.25) is 14.5 Å². The molecule has 0 saturated carbocycles. The third kappa shape index (κ3) is 5.76. The van der Waals surface area contributed by atoms with E-state index in [0.29, 0.717) is 37.5 Å². The molecule has 1 aromatic carbocycles. The second kappa shape index (κ2) is 11.1. The van der Waals surface area contributed by atoms with Crippen LogP contribution in [0.15, 0.2) is 23.0 Å². The number of ether oxygens (including phenoxy) is 2. The minimum atomic E-state index is -0.390. The molecular weight excluding hydrogens is 448 g/mol. The van der Waals surface area contributed by atoms with Gasteiger partial charge in [-0.05, 0) is 73.7 Å². The zero-order chi connectivity index (χ0) is 24.9. The Morgan fingerprint density at radius 1 is 1.31 bits per heavy atom. The lowest BCUT2D eigenvalue weighted by Gasteiger charge is -2.32. The molecule has 0 radical (unpaired) electrons. The van der Waals surface area contributed by atoms with E-state index in [1.807, 2.05) is 26.0 Å². The van der Waals surface area contributed by atoms with Gasteiger partial charge in [0.15, 0.2) is 5.82 Å². The molecule has 2 atom stereocenters. The van der Waals surface area contributed by atoms with E-state index < -0.39 is 5.97 Å². The Balaban J connectivity index is 1.68. The second-order valence-electron chi connectivity index (χ2n) is 9.16. The molecule has 0 spiro atoms. The van der Waals surface area contributed by atoms with Crippen molar-refractivity contribution in [3.8, 4) is 0 Å². The van der Waals surface area contributed by atoms with Crippen molar-refractivity contribution in [3.63, 3.8) is 0 Å². The predicted octanol–water partition coefficient (Wildman–Crippen LogP) is 2.83. The van der Waals surface area contributed by atoms with Gasteiger partial charge in [-0.15, -0.1) is 5.10 Å². The highest BCUT2D eigenvalue weighted by Crippen LogP contribution is 2.27. The summed E-state index contributed by atoms with van der Waals surface area (Å²) in [6.45, 7) is 9.91. The molecule has 1 aliphatic heterocycles. The topological polar surface area (TPSA) is 115 Å². The number of H-pyrrole nitrogens is 1. The third-order valence-electron chi connectivity index (χ3n) is 6.49. The Kier molecular flexibility index (Phi) is 7.92. The van der Waals surface area contributed by atoms with Crippen molar-refractivity contribution in [1.82, 2.24) is 30.1 Å². The number of carbonyl (C=O) groups excluding carboxylic acids is 1. The fourth-order valence-corrected chi connectivity index (χ4v) is 4.90. The lowest BCUT2D eigenvalue weighted by molar-refractivity contribution is -0.144. The van der Waals surface area contributed by atoms with E-state index in [0.717, 1.165) is 41.5 Å². The third-order valence-corrected chi connectivity index (χ3v) is 6.49. The van der Waals surface area contributed by atoms with E-state index in [1.165, 1.54) is 4.68 Å². The number of tetrazole rings is 1. The van der Waals surface area contributed by atoms with Crippen molar-refractivity contribution in [2.24, 2.45) is 0 Å². The molecule has 1 fully saturated rings. The van der Waals surface area contributed by atoms with Crippen LogP contribution in [0.1, 0.15) is 61.7 Å². The summed E-state index contributed by atoms with van der Waals surface area (Å²) >= 11 is 0. The predicted molar refractivity (Wildman–Crippen MR) is 131 cm³/mol. The van der Waals surface area contributed by atoms with Crippen molar-refractivity contribution in [2.75, 3.05) is 19.8 Å². The molecule has 35 heavy (non-hydrogen) atoms. The summed E-state index contributed by atoms with van der Waals surface area (Å²) in [6.07, 6.45) is 2.75. The minimum absolute atomic E-state index is 0.0600. The number of pyridine rings is 1. The zero-order valence-corrected chi connectivity index (χ0v) is 20.9. The summed E-state index contributed by atoms with van der Waals surface area (Å²) in [5.41, 5.74) is 3.63. The smallest absolute Gasteiger partial charge is 0.327 e. The number of hydrogen-bond acceptors (Lipinski definition) is 8. The normalized spacial score (nSPS) is 16.8. The number of nitrogens with one attached hydrogen (secondary N) is 1. The van der Waals surface area contributed by atoms with Gasteiger partial charge in [0.1, 0.15) is 6.54 Å². The van der Waals surface area contributed by atoms with Crippen LogP contribution in [0, 0.1) is 13.8 Å². The lowest BCUT2D eigenvalue weighted by Crippen LogP contribution is -2.38. The molecule has 0 bridgehead atoms. The highest BCUT2D eigenvalue weighted by molar-refractivity contribution is 5.83. The number of fused-ring (bicyclic) bond motifs is 1. The summed E-state index contributed by atoms with van der Waals surface area (Å²) in [4.78, 5) is 30.5. The molecule has 1 saturated heterocycles. The van der Waals surface area contributed by atoms with Crippen molar-refractivity contribution in [2.45, 2.75) is 72.2 Å². The maximum Gasteiger partial charge on any atom is 0.327 e. The van der Waals surface area contributed by atoms with Crippen LogP contribution in [-0.4, -0.2) is 61.9 Å².